The number of nitrogen functional groups attached to an aromatic ring is 1. The van der Waals surface area contributed by atoms with Gasteiger partial charge in [0.1, 0.15) is 0 Å². The Balaban J connectivity index is 2.32. The van der Waals surface area contributed by atoms with Gasteiger partial charge in [-0.2, -0.15) is 0 Å². The normalized spacial score (nSPS) is 11.1. The maximum absolute atomic E-state index is 6.18. The van der Waals surface area contributed by atoms with Crippen LogP contribution in [0.15, 0.2) is 29.8 Å². The minimum absolute atomic E-state index is 0.566. The quantitative estimate of drug-likeness (QED) is 0.693. The lowest BCUT2D eigenvalue weighted by Gasteiger charge is -1.96. The summed E-state index contributed by atoms with van der Waals surface area (Å²) in [6.07, 6.45) is 1.91. The summed E-state index contributed by atoms with van der Waals surface area (Å²) in [5.41, 5.74) is 8.50. The smallest absolute Gasteiger partial charge is 0.180 e. The average Bonchev–Trinajstić information content (AvgIpc) is 2.84. The lowest BCUT2D eigenvalue weighted by molar-refractivity contribution is 1.41. The van der Waals surface area contributed by atoms with Crippen molar-refractivity contribution >= 4 is 39.0 Å². The summed E-state index contributed by atoms with van der Waals surface area (Å²) in [5, 5.41) is 4.22. The minimum atomic E-state index is 0.566. The largest absolute Gasteiger partial charge is 0.375 e. The first kappa shape index (κ1) is 9.69. The summed E-state index contributed by atoms with van der Waals surface area (Å²) >= 11 is 7.61. The molecule has 3 rings (SSSR count). The molecular weight excluding hydrogens is 242 g/mol. The standard InChI is InChI=1S/C11H8ClN3S/c12-7-2-1-3-8-10(7)6(4-14-8)9-5-16-11(13)15-9/h1-5,14H,(H2,13,15). The highest BCUT2D eigenvalue weighted by atomic mass is 35.5. The molecule has 1 aromatic carbocycles. The summed E-state index contributed by atoms with van der Waals surface area (Å²) in [4.78, 5) is 7.44. The van der Waals surface area contributed by atoms with Crippen LogP contribution in [0.2, 0.25) is 5.02 Å². The first-order valence-corrected chi connectivity index (χ1v) is 5.98. The Kier molecular flexibility index (Phi) is 2.12. The molecule has 0 unspecified atom stereocenters. The highest BCUT2D eigenvalue weighted by Gasteiger charge is 2.11. The molecule has 0 saturated carbocycles. The minimum Gasteiger partial charge on any atom is -0.375 e. The van der Waals surface area contributed by atoms with Gasteiger partial charge in [-0.25, -0.2) is 4.98 Å². The van der Waals surface area contributed by atoms with E-state index in [9.17, 15) is 0 Å². The fraction of sp³-hybridized carbons (Fsp3) is 0. The van der Waals surface area contributed by atoms with Gasteiger partial charge in [-0.3, -0.25) is 0 Å². The van der Waals surface area contributed by atoms with Crippen LogP contribution in [0.3, 0.4) is 0 Å². The number of hydrogen-bond acceptors (Lipinski definition) is 3. The Bertz CT molecular complexity index is 656. The maximum Gasteiger partial charge on any atom is 0.180 e. The van der Waals surface area contributed by atoms with Gasteiger partial charge in [0.25, 0.3) is 0 Å². The van der Waals surface area contributed by atoms with Crippen molar-refractivity contribution in [1.29, 1.82) is 0 Å². The van der Waals surface area contributed by atoms with E-state index in [-0.39, 0.29) is 0 Å². The lowest BCUT2D eigenvalue weighted by Crippen LogP contribution is -1.82. The van der Waals surface area contributed by atoms with E-state index < -0.39 is 0 Å². The Labute approximate surface area is 101 Å². The number of nitrogens with zero attached hydrogens (tertiary/aromatic N) is 1. The predicted octanol–water partition coefficient (Wildman–Crippen LogP) is 3.53. The lowest BCUT2D eigenvalue weighted by atomic mass is 10.1. The Hall–Kier alpha value is -1.52. The van der Waals surface area contributed by atoms with Crippen LogP contribution in [0.25, 0.3) is 22.2 Å². The SMILES string of the molecule is Nc1nc(-c2c[nH]c3cccc(Cl)c23)cs1. The molecule has 5 heteroatoms. The monoisotopic (exact) mass is 249 g/mol. The molecular formula is C11H8ClN3S. The predicted molar refractivity (Wildman–Crippen MR) is 68.8 cm³/mol. The number of aromatic nitrogens is 2. The van der Waals surface area contributed by atoms with Crippen LogP contribution < -0.4 is 5.73 Å². The van der Waals surface area contributed by atoms with Crippen molar-refractivity contribution < 1.29 is 0 Å². The molecule has 0 atom stereocenters. The van der Waals surface area contributed by atoms with Crippen LogP contribution in [-0.2, 0) is 0 Å². The number of H-pyrrole nitrogens is 1. The van der Waals surface area contributed by atoms with Gasteiger partial charge in [0.05, 0.1) is 10.7 Å². The van der Waals surface area contributed by atoms with Crippen molar-refractivity contribution in [3.63, 3.8) is 0 Å². The molecule has 0 saturated heterocycles. The van der Waals surface area contributed by atoms with E-state index >= 15 is 0 Å². The first-order valence-electron chi connectivity index (χ1n) is 4.72. The van der Waals surface area contributed by atoms with E-state index in [0.29, 0.717) is 5.13 Å². The molecule has 3 aromatic rings. The van der Waals surface area contributed by atoms with Gasteiger partial charge in [-0.05, 0) is 12.1 Å². The van der Waals surface area contributed by atoms with Crippen molar-refractivity contribution in [1.82, 2.24) is 9.97 Å². The third kappa shape index (κ3) is 1.38. The molecule has 0 aliphatic rings. The highest BCUT2D eigenvalue weighted by molar-refractivity contribution is 7.13. The number of rotatable bonds is 1. The zero-order chi connectivity index (χ0) is 11.1. The Morgan fingerprint density at radius 1 is 1.38 bits per heavy atom. The molecule has 0 amide bonds. The molecule has 0 aliphatic heterocycles. The molecule has 2 heterocycles. The molecule has 80 valence electrons. The molecule has 0 bridgehead atoms. The number of benzene rings is 1. The summed E-state index contributed by atoms with van der Waals surface area (Å²) in [6.45, 7) is 0. The van der Waals surface area contributed by atoms with Crippen molar-refractivity contribution in [2.45, 2.75) is 0 Å². The first-order chi connectivity index (χ1) is 7.75. The molecule has 0 spiro atoms. The van der Waals surface area contributed by atoms with Crippen LogP contribution in [0.4, 0.5) is 5.13 Å². The summed E-state index contributed by atoms with van der Waals surface area (Å²) in [5.74, 6) is 0. The number of nitrogens with two attached hydrogens (primary N) is 1. The summed E-state index contributed by atoms with van der Waals surface area (Å²) < 4.78 is 0. The zero-order valence-electron chi connectivity index (χ0n) is 8.20. The van der Waals surface area contributed by atoms with Crippen LogP contribution in [0.5, 0.6) is 0 Å². The van der Waals surface area contributed by atoms with Gasteiger partial charge in [0.2, 0.25) is 0 Å². The number of fused-ring (bicyclic) bond motifs is 1. The van der Waals surface area contributed by atoms with Gasteiger partial charge in [-0.1, -0.05) is 17.7 Å². The third-order valence-electron chi connectivity index (χ3n) is 2.45. The molecule has 0 aliphatic carbocycles. The number of thiazole rings is 1. The van der Waals surface area contributed by atoms with Gasteiger partial charge < -0.3 is 10.7 Å². The van der Waals surface area contributed by atoms with Crippen LogP contribution >= 0.6 is 22.9 Å². The van der Waals surface area contributed by atoms with Crippen molar-refractivity contribution in [3.05, 3.63) is 34.8 Å². The number of halogens is 1. The maximum atomic E-state index is 6.18. The van der Waals surface area contributed by atoms with Crippen LogP contribution in [0.1, 0.15) is 0 Å². The van der Waals surface area contributed by atoms with Gasteiger partial charge in [0, 0.05) is 28.0 Å². The summed E-state index contributed by atoms with van der Waals surface area (Å²) in [6, 6.07) is 5.78. The molecule has 16 heavy (non-hydrogen) atoms. The number of hydrogen-bond donors (Lipinski definition) is 2. The van der Waals surface area contributed by atoms with Crippen molar-refractivity contribution in [2.75, 3.05) is 5.73 Å². The Morgan fingerprint density at radius 2 is 2.25 bits per heavy atom. The summed E-state index contributed by atoms with van der Waals surface area (Å²) in [7, 11) is 0. The molecule has 0 radical (unpaired) electrons. The Morgan fingerprint density at radius 3 is 3.00 bits per heavy atom. The fourth-order valence-electron chi connectivity index (χ4n) is 1.75. The molecule has 3 N–H and O–H groups in total. The van der Waals surface area contributed by atoms with E-state index in [4.69, 9.17) is 17.3 Å². The second-order valence-corrected chi connectivity index (χ2v) is 4.73. The number of aromatic amines is 1. The van der Waals surface area contributed by atoms with E-state index in [1.807, 2.05) is 29.8 Å². The fourth-order valence-corrected chi connectivity index (χ4v) is 2.59. The van der Waals surface area contributed by atoms with E-state index in [2.05, 4.69) is 9.97 Å². The van der Waals surface area contributed by atoms with Gasteiger partial charge in [0.15, 0.2) is 5.13 Å². The zero-order valence-corrected chi connectivity index (χ0v) is 9.77. The molecule has 2 aromatic heterocycles. The second-order valence-electron chi connectivity index (χ2n) is 3.44. The van der Waals surface area contributed by atoms with Crippen LogP contribution in [0, 0.1) is 0 Å². The molecule has 3 nitrogen and oxygen atoms in total. The third-order valence-corrected chi connectivity index (χ3v) is 3.44. The van der Waals surface area contributed by atoms with E-state index in [0.717, 1.165) is 27.2 Å². The van der Waals surface area contributed by atoms with Crippen molar-refractivity contribution in [3.8, 4) is 11.3 Å². The molecule has 0 fully saturated rings. The van der Waals surface area contributed by atoms with E-state index in [1.54, 1.807) is 0 Å². The number of anilines is 1. The van der Waals surface area contributed by atoms with Gasteiger partial charge >= 0.3 is 0 Å². The van der Waals surface area contributed by atoms with Gasteiger partial charge in [-0.15, -0.1) is 11.3 Å². The average molecular weight is 250 g/mol. The van der Waals surface area contributed by atoms with Crippen LogP contribution in [-0.4, -0.2) is 9.97 Å². The van der Waals surface area contributed by atoms with Crippen molar-refractivity contribution in [2.24, 2.45) is 0 Å². The van der Waals surface area contributed by atoms with E-state index in [1.165, 1.54) is 11.3 Å². The topological polar surface area (TPSA) is 54.7 Å². The highest BCUT2D eigenvalue weighted by Crippen LogP contribution is 2.34. The number of nitrogens with one attached hydrogen (secondary N) is 1. The second kappa shape index (κ2) is 3.50.